The Hall–Kier alpha value is -1.94. The molecule has 11 heteroatoms. The molecule has 1 fully saturated rings. The second-order valence-corrected chi connectivity index (χ2v) is 12.7. The highest BCUT2D eigenvalue weighted by Crippen LogP contribution is 2.53. The van der Waals surface area contributed by atoms with Crippen molar-refractivity contribution >= 4 is 29.2 Å². The third kappa shape index (κ3) is 6.11. The van der Waals surface area contributed by atoms with Gasteiger partial charge in [0.05, 0.1) is 5.02 Å². The lowest BCUT2D eigenvalue weighted by molar-refractivity contribution is -0.157. The summed E-state index contributed by atoms with van der Waals surface area (Å²) < 4.78 is 61.7. The number of hydrogen-bond acceptors (Lipinski definition) is 5. The highest BCUT2D eigenvalue weighted by Gasteiger charge is 2.60. The molecule has 1 aliphatic rings. The fourth-order valence-electron chi connectivity index (χ4n) is 5.28. The molecular weight excluding hydrogens is 545 g/mol. The van der Waals surface area contributed by atoms with Crippen LogP contribution in [0.2, 0.25) is 10.0 Å². The molecule has 0 unspecified atom stereocenters. The first kappa shape index (κ1) is 30.6. The summed E-state index contributed by atoms with van der Waals surface area (Å²) in [5.74, 6) is -2.46. The molecule has 0 aliphatic carbocycles. The van der Waals surface area contributed by atoms with Gasteiger partial charge >= 0.3 is 12.1 Å². The molecule has 2 aromatic rings. The largest absolute Gasteiger partial charge is 0.459 e. The molecule has 38 heavy (non-hydrogen) atoms. The Morgan fingerprint density at radius 1 is 1.13 bits per heavy atom. The van der Waals surface area contributed by atoms with E-state index in [2.05, 4.69) is 10.3 Å². The van der Waals surface area contributed by atoms with Crippen LogP contribution in [0.25, 0.3) is 0 Å². The lowest BCUT2D eigenvalue weighted by Gasteiger charge is -2.42. The molecule has 0 radical (unpaired) electrons. The van der Waals surface area contributed by atoms with Crippen LogP contribution in [0.3, 0.4) is 0 Å². The lowest BCUT2D eigenvalue weighted by atomic mass is 9.62. The van der Waals surface area contributed by atoms with Crippen molar-refractivity contribution in [3.8, 4) is 0 Å². The van der Waals surface area contributed by atoms with Gasteiger partial charge in [0.1, 0.15) is 23.2 Å². The average Bonchev–Trinajstić information content (AvgIpc) is 3.07. The molecule has 0 spiro atoms. The van der Waals surface area contributed by atoms with Gasteiger partial charge in [-0.15, -0.1) is 0 Å². The molecule has 1 aromatic heterocycles. The van der Waals surface area contributed by atoms with Crippen molar-refractivity contribution in [3.63, 3.8) is 0 Å². The van der Waals surface area contributed by atoms with E-state index in [4.69, 9.17) is 33.7 Å². The molecule has 5 nitrogen and oxygen atoms in total. The van der Waals surface area contributed by atoms with Gasteiger partial charge in [-0.1, -0.05) is 56.1 Å². The Morgan fingerprint density at radius 3 is 2.26 bits per heavy atom. The monoisotopic (exact) mass is 577 g/mol. The number of pyridine rings is 1. The molecule has 3 N–H and O–H groups in total. The first-order valence-corrected chi connectivity index (χ1v) is 12.9. The Kier molecular flexibility index (Phi) is 8.50. The van der Waals surface area contributed by atoms with Crippen LogP contribution < -0.4 is 11.1 Å². The second kappa shape index (κ2) is 10.6. The molecule has 3 rings (SSSR count). The minimum absolute atomic E-state index is 0.0682. The fourth-order valence-corrected chi connectivity index (χ4v) is 5.79. The molecule has 1 saturated heterocycles. The highest BCUT2D eigenvalue weighted by atomic mass is 35.5. The number of benzene rings is 1. The van der Waals surface area contributed by atoms with Crippen LogP contribution in [0.15, 0.2) is 30.5 Å². The molecule has 4 atom stereocenters. The minimum atomic E-state index is -4.73. The topological polar surface area (TPSA) is 77.2 Å². The van der Waals surface area contributed by atoms with Crippen molar-refractivity contribution in [2.24, 2.45) is 11.1 Å². The number of nitrogens with one attached hydrogen (secondary N) is 1. The third-order valence-electron chi connectivity index (χ3n) is 6.67. The quantitative estimate of drug-likeness (QED) is 0.307. The van der Waals surface area contributed by atoms with E-state index in [1.807, 2.05) is 20.8 Å². The van der Waals surface area contributed by atoms with Gasteiger partial charge in [0, 0.05) is 35.1 Å². The van der Waals surface area contributed by atoms with E-state index in [1.54, 1.807) is 20.8 Å². The molecule has 210 valence electrons. The van der Waals surface area contributed by atoms with Gasteiger partial charge in [-0.05, 0) is 55.9 Å². The summed E-state index contributed by atoms with van der Waals surface area (Å²) in [5, 5.41) is 2.89. The first-order valence-electron chi connectivity index (χ1n) is 12.2. The zero-order valence-electron chi connectivity index (χ0n) is 22.1. The summed E-state index contributed by atoms with van der Waals surface area (Å²) in [4.78, 5) is 17.2. The normalized spacial score (nSPS) is 24.5. The van der Waals surface area contributed by atoms with E-state index in [9.17, 15) is 18.0 Å². The number of ether oxygens (including phenoxy) is 1. The first-order chi connectivity index (χ1) is 17.3. The molecule has 1 aromatic carbocycles. The van der Waals surface area contributed by atoms with Gasteiger partial charge in [-0.3, -0.25) is 9.78 Å². The Balaban J connectivity index is 2.37. The minimum Gasteiger partial charge on any atom is -0.459 e. The van der Waals surface area contributed by atoms with Gasteiger partial charge in [0.15, 0.2) is 0 Å². The summed E-state index contributed by atoms with van der Waals surface area (Å²) in [6.07, 6.45) is -3.28. The maximum absolute atomic E-state index is 15.7. The van der Waals surface area contributed by atoms with Gasteiger partial charge in [-0.2, -0.15) is 13.2 Å². The Labute approximate surface area is 230 Å². The summed E-state index contributed by atoms with van der Waals surface area (Å²) in [7, 11) is 0. The lowest BCUT2D eigenvalue weighted by Crippen LogP contribution is -2.50. The van der Waals surface area contributed by atoms with E-state index in [0.717, 1.165) is 12.3 Å². The van der Waals surface area contributed by atoms with Gasteiger partial charge < -0.3 is 15.8 Å². The summed E-state index contributed by atoms with van der Waals surface area (Å²) in [5.41, 5.74) is 2.97. The molecule has 1 aliphatic heterocycles. The molecule has 2 heterocycles. The summed E-state index contributed by atoms with van der Waals surface area (Å²) >= 11 is 12.7. The number of carbonyl (C=O) groups is 1. The number of nitrogens with zero attached hydrogens (tertiary/aromatic N) is 1. The SMILES string of the molecule is CC(C)(C)C[C@@H]1N[C@@H](C(=O)OC(C)(C)C)[C@H](c2cccc(Cl)c2F)[C@@]1(CN)c1cnc(C(F)(F)F)cc1Cl. The maximum atomic E-state index is 15.7. The third-order valence-corrected chi connectivity index (χ3v) is 7.27. The van der Waals surface area contributed by atoms with Crippen molar-refractivity contribution in [1.29, 1.82) is 0 Å². The predicted molar refractivity (Wildman–Crippen MR) is 140 cm³/mol. The average molecular weight is 578 g/mol. The van der Waals surface area contributed by atoms with E-state index < -0.39 is 52.7 Å². The van der Waals surface area contributed by atoms with Gasteiger partial charge in [0.25, 0.3) is 0 Å². The van der Waals surface area contributed by atoms with Crippen LogP contribution in [-0.4, -0.2) is 35.2 Å². The van der Waals surface area contributed by atoms with Crippen molar-refractivity contribution in [1.82, 2.24) is 10.3 Å². The van der Waals surface area contributed by atoms with Crippen molar-refractivity contribution in [2.75, 3.05) is 6.54 Å². The number of rotatable bonds is 5. The summed E-state index contributed by atoms with van der Waals surface area (Å²) in [6, 6.07) is 3.39. The van der Waals surface area contributed by atoms with E-state index in [0.29, 0.717) is 6.42 Å². The standard InChI is InChI=1S/C27H33Cl2F4N3O2/c1-24(2,3)11-19-26(13-34,15-12-35-18(10-17(15)29)27(31,32)33)20(14-8-7-9-16(28)21(14)30)22(36-19)23(37)38-25(4,5)6/h7-10,12,19-20,22,36H,11,13,34H2,1-6H3/t19-,20-,22+,26-/m0/s1. The number of nitrogens with two attached hydrogens (primary N) is 1. The zero-order chi connectivity index (χ0) is 28.8. The van der Waals surface area contributed by atoms with Crippen molar-refractivity contribution in [3.05, 3.63) is 63.1 Å². The van der Waals surface area contributed by atoms with Crippen LogP contribution in [0.5, 0.6) is 0 Å². The number of hydrogen-bond donors (Lipinski definition) is 2. The summed E-state index contributed by atoms with van der Waals surface area (Å²) in [6.45, 7) is 10.8. The van der Waals surface area contributed by atoms with Crippen LogP contribution in [0.4, 0.5) is 17.6 Å². The number of esters is 1. The van der Waals surface area contributed by atoms with Crippen LogP contribution in [0.1, 0.15) is 70.7 Å². The highest BCUT2D eigenvalue weighted by molar-refractivity contribution is 6.31. The molecule has 0 bridgehead atoms. The van der Waals surface area contributed by atoms with Gasteiger partial charge in [0.2, 0.25) is 0 Å². The fraction of sp³-hybridized carbons (Fsp3) is 0.556. The second-order valence-electron chi connectivity index (χ2n) is 11.9. The van der Waals surface area contributed by atoms with Crippen LogP contribution in [0, 0.1) is 11.2 Å². The van der Waals surface area contributed by atoms with Crippen LogP contribution >= 0.6 is 23.2 Å². The van der Waals surface area contributed by atoms with Crippen LogP contribution in [-0.2, 0) is 21.1 Å². The maximum Gasteiger partial charge on any atom is 0.433 e. The molecular formula is C27H33Cl2F4N3O2. The number of halogens is 6. The Morgan fingerprint density at radius 2 is 1.76 bits per heavy atom. The van der Waals surface area contributed by atoms with Crippen molar-refractivity contribution < 1.29 is 27.1 Å². The number of aromatic nitrogens is 1. The zero-order valence-corrected chi connectivity index (χ0v) is 23.7. The smallest absolute Gasteiger partial charge is 0.433 e. The van der Waals surface area contributed by atoms with E-state index >= 15 is 4.39 Å². The van der Waals surface area contributed by atoms with Gasteiger partial charge in [-0.25, -0.2) is 4.39 Å². The number of carbonyl (C=O) groups excluding carboxylic acids is 1. The molecule has 0 amide bonds. The van der Waals surface area contributed by atoms with E-state index in [1.165, 1.54) is 18.2 Å². The molecule has 0 saturated carbocycles. The Bertz CT molecular complexity index is 1190. The van der Waals surface area contributed by atoms with E-state index in [-0.39, 0.29) is 33.1 Å². The van der Waals surface area contributed by atoms with Crippen molar-refractivity contribution in [2.45, 2.75) is 83.2 Å². The predicted octanol–water partition coefficient (Wildman–Crippen LogP) is 6.64. The number of alkyl halides is 3.